The number of anilines is 1. The number of fused-ring (bicyclic) bond motifs is 1. The average Bonchev–Trinajstić information content (AvgIpc) is 3.16. The lowest BCUT2D eigenvalue weighted by molar-refractivity contribution is -0.114. The number of thiophene rings is 1. The molecule has 7 heteroatoms. The minimum Gasteiger partial charge on any atom is -0.494 e. The molecule has 4 rings (SSSR count). The summed E-state index contributed by atoms with van der Waals surface area (Å²) in [5.41, 5.74) is 2.51. The Morgan fingerprint density at radius 2 is 2.00 bits per heavy atom. The van der Waals surface area contributed by atoms with Gasteiger partial charge in [-0.15, -0.1) is 11.3 Å². The maximum absolute atomic E-state index is 12.7. The van der Waals surface area contributed by atoms with Crippen LogP contribution in [-0.4, -0.2) is 22.5 Å². The van der Waals surface area contributed by atoms with Gasteiger partial charge in [-0.1, -0.05) is 36.4 Å². The largest absolute Gasteiger partial charge is 0.494 e. The smallest absolute Gasteiger partial charge is 0.260 e. The molecule has 0 saturated heterocycles. The van der Waals surface area contributed by atoms with Crippen molar-refractivity contribution in [2.45, 2.75) is 19.8 Å². The molecule has 4 aromatic rings. The van der Waals surface area contributed by atoms with Crippen LogP contribution in [0.1, 0.15) is 19.2 Å². The van der Waals surface area contributed by atoms with Gasteiger partial charge in [-0.2, -0.15) is 0 Å². The molecule has 0 atom stereocenters. The van der Waals surface area contributed by atoms with Crippen molar-refractivity contribution >= 4 is 33.1 Å². The van der Waals surface area contributed by atoms with Crippen molar-refractivity contribution in [3.63, 3.8) is 0 Å². The van der Waals surface area contributed by atoms with Crippen molar-refractivity contribution in [2.24, 2.45) is 0 Å². The zero-order valence-electron chi connectivity index (χ0n) is 16.5. The Morgan fingerprint density at radius 1 is 1.17 bits per heavy atom. The standard InChI is InChI=1S/C23H21N3O3S/c1-15(27)24-17-9-5-10-18(13-17)29-12-6-11-20-25-22(28)21-19(14-30-23(21)26-20)16-7-3-2-4-8-16/h2-5,7-10,13-14H,6,11-12H2,1H3,(H,24,27)(H,25,26,28). The fraction of sp³-hybridized carbons (Fsp3) is 0.174. The zero-order chi connectivity index (χ0) is 20.9. The second kappa shape index (κ2) is 8.92. The van der Waals surface area contributed by atoms with Gasteiger partial charge >= 0.3 is 0 Å². The molecular weight excluding hydrogens is 398 g/mol. The van der Waals surface area contributed by atoms with Gasteiger partial charge in [0, 0.05) is 36.0 Å². The quantitative estimate of drug-likeness (QED) is 0.428. The molecule has 0 bridgehead atoms. The number of ether oxygens (including phenoxy) is 1. The predicted molar refractivity (Wildman–Crippen MR) is 120 cm³/mol. The molecule has 0 unspecified atom stereocenters. The number of hydrogen-bond donors (Lipinski definition) is 2. The van der Waals surface area contributed by atoms with Crippen molar-refractivity contribution in [1.29, 1.82) is 0 Å². The van der Waals surface area contributed by atoms with E-state index >= 15 is 0 Å². The van der Waals surface area contributed by atoms with Gasteiger partial charge in [-0.3, -0.25) is 9.59 Å². The Hall–Kier alpha value is -3.45. The molecule has 0 aliphatic carbocycles. The summed E-state index contributed by atoms with van der Waals surface area (Å²) in [5, 5.41) is 5.35. The molecule has 30 heavy (non-hydrogen) atoms. The number of aromatic nitrogens is 2. The molecule has 2 aromatic carbocycles. The third-order valence-electron chi connectivity index (χ3n) is 4.56. The molecular formula is C23H21N3O3S. The lowest BCUT2D eigenvalue weighted by Gasteiger charge is -2.08. The third kappa shape index (κ3) is 4.58. The Kier molecular flexibility index (Phi) is 5.90. The molecule has 0 spiro atoms. The number of hydrogen-bond acceptors (Lipinski definition) is 5. The van der Waals surface area contributed by atoms with Gasteiger partial charge < -0.3 is 15.0 Å². The van der Waals surface area contributed by atoms with Crippen LogP contribution < -0.4 is 15.6 Å². The fourth-order valence-corrected chi connectivity index (χ4v) is 4.21. The summed E-state index contributed by atoms with van der Waals surface area (Å²) >= 11 is 1.48. The third-order valence-corrected chi connectivity index (χ3v) is 5.43. The van der Waals surface area contributed by atoms with Crippen LogP contribution in [0.4, 0.5) is 5.69 Å². The Bertz CT molecular complexity index is 1230. The first kappa shape index (κ1) is 19.8. The Labute approximate surface area is 177 Å². The summed E-state index contributed by atoms with van der Waals surface area (Å²) in [6, 6.07) is 17.1. The molecule has 0 aliphatic rings. The SMILES string of the molecule is CC(=O)Nc1cccc(OCCCc2nc3scc(-c4ccccc4)c3c(=O)[nH]2)c1. The van der Waals surface area contributed by atoms with Crippen LogP contribution in [0, 0.1) is 0 Å². The van der Waals surface area contributed by atoms with Crippen LogP contribution in [0.2, 0.25) is 0 Å². The first-order chi connectivity index (χ1) is 14.6. The number of aryl methyl sites for hydroxylation is 1. The van der Waals surface area contributed by atoms with Gasteiger partial charge in [0.25, 0.3) is 5.56 Å². The van der Waals surface area contributed by atoms with Crippen LogP contribution in [0.25, 0.3) is 21.3 Å². The number of nitrogens with one attached hydrogen (secondary N) is 2. The molecule has 0 aliphatic heterocycles. The Morgan fingerprint density at radius 3 is 2.80 bits per heavy atom. The number of amides is 1. The number of H-pyrrole nitrogens is 1. The predicted octanol–water partition coefficient (Wildman–Crippen LogP) is 4.62. The zero-order valence-corrected chi connectivity index (χ0v) is 17.3. The van der Waals surface area contributed by atoms with E-state index in [1.807, 2.05) is 53.9 Å². The second-order valence-corrected chi connectivity index (χ2v) is 7.73. The minimum atomic E-state index is -0.124. The minimum absolute atomic E-state index is 0.112. The number of rotatable bonds is 7. The van der Waals surface area contributed by atoms with Gasteiger partial charge in [0.15, 0.2) is 0 Å². The number of aromatic amines is 1. The van der Waals surface area contributed by atoms with Crippen LogP contribution in [0.3, 0.4) is 0 Å². The van der Waals surface area contributed by atoms with Crippen LogP contribution in [0.5, 0.6) is 5.75 Å². The summed E-state index contributed by atoms with van der Waals surface area (Å²) in [7, 11) is 0. The maximum atomic E-state index is 12.7. The first-order valence-corrected chi connectivity index (χ1v) is 10.5. The summed E-state index contributed by atoms with van der Waals surface area (Å²) in [6.07, 6.45) is 1.31. The van der Waals surface area contributed by atoms with E-state index in [1.54, 1.807) is 6.07 Å². The van der Waals surface area contributed by atoms with E-state index in [-0.39, 0.29) is 11.5 Å². The van der Waals surface area contributed by atoms with Crippen molar-refractivity contribution in [2.75, 3.05) is 11.9 Å². The number of nitrogens with zero attached hydrogens (tertiary/aromatic N) is 1. The van der Waals surface area contributed by atoms with E-state index in [2.05, 4.69) is 15.3 Å². The van der Waals surface area contributed by atoms with E-state index in [4.69, 9.17) is 4.74 Å². The molecule has 6 nitrogen and oxygen atoms in total. The summed E-state index contributed by atoms with van der Waals surface area (Å²) in [4.78, 5) is 32.1. The number of carbonyl (C=O) groups excluding carboxylic acids is 1. The van der Waals surface area contributed by atoms with E-state index in [9.17, 15) is 9.59 Å². The fourth-order valence-electron chi connectivity index (χ4n) is 3.24. The van der Waals surface area contributed by atoms with E-state index < -0.39 is 0 Å². The molecule has 0 saturated carbocycles. The highest BCUT2D eigenvalue weighted by Crippen LogP contribution is 2.30. The highest BCUT2D eigenvalue weighted by Gasteiger charge is 2.12. The molecule has 2 heterocycles. The van der Waals surface area contributed by atoms with Crippen molar-refractivity contribution in [3.8, 4) is 16.9 Å². The molecule has 2 N–H and O–H groups in total. The summed E-state index contributed by atoms with van der Waals surface area (Å²) in [6.45, 7) is 1.94. The summed E-state index contributed by atoms with van der Waals surface area (Å²) in [5.74, 6) is 1.22. The van der Waals surface area contributed by atoms with E-state index in [0.29, 0.717) is 42.1 Å². The normalized spacial score (nSPS) is 10.8. The average molecular weight is 420 g/mol. The lowest BCUT2D eigenvalue weighted by atomic mass is 10.1. The highest BCUT2D eigenvalue weighted by atomic mass is 32.1. The van der Waals surface area contributed by atoms with Crippen LogP contribution in [-0.2, 0) is 11.2 Å². The van der Waals surface area contributed by atoms with Crippen LogP contribution in [0.15, 0.2) is 64.8 Å². The van der Waals surface area contributed by atoms with Crippen molar-refractivity contribution < 1.29 is 9.53 Å². The maximum Gasteiger partial charge on any atom is 0.260 e. The highest BCUT2D eigenvalue weighted by molar-refractivity contribution is 7.17. The Balaban J connectivity index is 1.41. The van der Waals surface area contributed by atoms with E-state index in [0.717, 1.165) is 16.0 Å². The van der Waals surface area contributed by atoms with Crippen LogP contribution >= 0.6 is 11.3 Å². The molecule has 0 radical (unpaired) electrons. The van der Waals surface area contributed by atoms with Gasteiger partial charge in [0.05, 0.1) is 12.0 Å². The van der Waals surface area contributed by atoms with Gasteiger partial charge in [0.1, 0.15) is 16.4 Å². The molecule has 152 valence electrons. The topological polar surface area (TPSA) is 84.1 Å². The van der Waals surface area contributed by atoms with Gasteiger partial charge in [-0.25, -0.2) is 4.98 Å². The molecule has 2 aromatic heterocycles. The summed E-state index contributed by atoms with van der Waals surface area (Å²) < 4.78 is 5.76. The molecule has 1 amide bonds. The van der Waals surface area contributed by atoms with Crippen molar-refractivity contribution in [3.05, 3.63) is 76.2 Å². The lowest BCUT2D eigenvalue weighted by Crippen LogP contribution is -2.12. The first-order valence-electron chi connectivity index (χ1n) is 9.66. The molecule has 0 fully saturated rings. The van der Waals surface area contributed by atoms with E-state index in [1.165, 1.54) is 18.3 Å². The van der Waals surface area contributed by atoms with Gasteiger partial charge in [-0.05, 0) is 24.1 Å². The number of carbonyl (C=O) groups is 1. The second-order valence-electron chi connectivity index (χ2n) is 6.87. The van der Waals surface area contributed by atoms with Crippen molar-refractivity contribution in [1.82, 2.24) is 9.97 Å². The monoisotopic (exact) mass is 419 g/mol. The number of benzene rings is 2. The van der Waals surface area contributed by atoms with Gasteiger partial charge in [0.2, 0.25) is 5.91 Å².